The Labute approximate surface area is 95.2 Å². The van der Waals surface area contributed by atoms with E-state index in [4.69, 9.17) is 16.3 Å². The number of methoxy groups -OCH3 is 1. The average Bonchev–Trinajstić information content (AvgIpc) is 2.26. The van der Waals surface area contributed by atoms with Gasteiger partial charge in [-0.1, -0.05) is 26.3 Å². The summed E-state index contributed by atoms with van der Waals surface area (Å²) in [4.78, 5) is 0. The zero-order valence-corrected chi connectivity index (χ0v) is 10.0. The van der Waals surface area contributed by atoms with Gasteiger partial charge >= 0.3 is 0 Å². The van der Waals surface area contributed by atoms with E-state index in [1.54, 1.807) is 12.1 Å². The highest BCUT2D eigenvalue weighted by atomic mass is 35.5. The van der Waals surface area contributed by atoms with Gasteiger partial charge < -0.3 is 4.74 Å². The van der Waals surface area contributed by atoms with E-state index in [1.807, 2.05) is 13.8 Å². The number of hydrogen-bond donors (Lipinski definition) is 0. The molecule has 0 radical (unpaired) electrons. The van der Waals surface area contributed by atoms with Gasteiger partial charge in [0.1, 0.15) is 11.6 Å². The summed E-state index contributed by atoms with van der Waals surface area (Å²) in [7, 11) is 1.52. The Morgan fingerprint density at radius 2 is 2.13 bits per heavy atom. The van der Waals surface area contributed by atoms with Crippen LogP contribution in [0, 0.1) is 11.7 Å². The summed E-state index contributed by atoms with van der Waals surface area (Å²) >= 11 is 6.18. The number of alkyl halides is 1. The molecule has 2 unspecified atom stereocenters. The quantitative estimate of drug-likeness (QED) is 0.706. The molecule has 0 heterocycles. The molecule has 0 saturated heterocycles. The van der Waals surface area contributed by atoms with Crippen molar-refractivity contribution in [3.05, 3.63) is 29.6 Å². The Morgan fingerprint density at radius 1 is 1.47 bits per heavy atom. The van der Waals surface area contributed by atoms with E-state index in [0.717, 1.165) is 6.42 Å². The molecule has 15 heavy (non-hydrogen) atoms. The zero-order valence-electron chi connectivity index (χ0n) is 9.26. The zero-order chi connectivity index (χ0) is 11.4. The summed E-state index contributed by atoms with van der Waals surface area (Å²) < 4.78 is 18.6. The van der Waals surface area contributed by atoms with Crippen LogP contribution in [0.4, 0.5) is 4.39 Å². The predicted octanol–water partition coefficient (Wildman–Crippen LogP) is 4.16. The number of hydrogen-bond acceptors (Lipinski definition) is 1. The second kappa shape index (κ2) is 5.36. The normalized spacial score (nSPS) is 14.7. The fourth-order valence-electron chi connectivity index (χ4n) is 1.37. The lowest BCUT2D eigenvalue weighted by Crippen LogP contribution is -2.05. The van der Waals surface area contributed by atoms with Crippen molar-refractivity contribution in [2.24, 2.45) is 5.92 Å². The van der Waals surface area contributed by atoms with Crippen LogP contribution in [0.15, 0.2) is 18.2 Å². The van der Waals surface area contributed by atoms with Gasteiger partial charge in [-0.05, 0) is 12.0 Å². The lowest BCUT2D eigenvalue weighted by Gasteiger charge is -2.17. The van der Waals surface area contributed by atoms with Gasteiger partial charge in [0.25, 0.3) is 0 Å². The van der Waals surface area contributed by atoms with Crippen molar-refractivity contribution in [1.29, 1.82) is 0 Å². The fraction of sp³-hybridized carbons (Fsp3) is 0.500. The molecule has 0 N–H and O–H groups in total. The second-order valence-electron chi connectivity index (χ2n) is 3.67. The number of ether oxygens (including phenoxy) is 1. The van der Waals surface area contributed by atoms with Crippen LogP contribution in [0.25, 0.3) is 0 Å². The van der Waals surface area contributed by atoms with E-state index in [2.05, 4.69) is 0 Å². The van der Waals surface area contributed by atoms with E-state index < -0.39 is 0 Å². The van der Waals surface area contributed by atoms with Crippen LogP contribution in [0.2, 0.25) is 0 Å². The minimum absolute atomic E-state index is 0.259. The molecule has 0 saturated carbocycles. The van der Waals surface area contributed by atoms with Crippen LogP contribution in [0.3, 0.4) is 0 Å². The van der Waals surface area contributed by atoms with Gasteiger partial charge in [0, 0.05) is 11.6 Å². The van der Waals surface area contributed by atoms with Crippen LogP contribution in [0.5, 0.6) is 5.75 Å². The van der Waals surface area contributed by atoms with Crippen molar-refractivity contribution in [3.8, 4) is 5.75 Å². The first-order valence-electron chi connectivity index (χ1n) is 5.07. The summed E-state index contributed by atoms with van der Waals surface area (Å²) in [5.74, 6) is 0.480. The van der Waals surface area contributed by atoms with Crippen molar-refractivity contribution in [3.63, 3.8) is 0 Å². The Balaban J connectivity index is 2.95. The van der Waals surface area contributed by atoms with Gasteiger partial charge in [-0.15, -0.1) is 11.6 Å². The molecular weight excluding hydrogens is 215 g/mol. The highest BCUT2D eigenvalue weighted by Crippen LogP contribution is 2.33. The smallest absolute Gasteiger partial charge is 0.131 e. The fourth-order valence-corrected chi connectivity index (χ4v) is 1.73. The summed E-state index contributed by atoms with van der Waals surface area (Å²) in [6, 6.07) is 4.79. The molecule has 1 rings (SSSR count). The maximum absolute atomic E-state index is 13.6. The number of rotatable bonds is 4. The molecule has 1 aromatic carbocycles. The third-order valence-corrected chi connectivity index (χ3v) is 3.31. The average molecular weight is 231 g/mol. The first-order chi connectivity index (χ1) is 7.10. The molecule has 0 fully saturated rings. The Morgan fingerprint density at radius 3 is 2.60 bits per heavy atom. The van der Waals surface area contributed by atoms with Gasteiger partial charge in [0.2, 0.25) is 0 Å². The lowest BCUT2D eigenvalue weighted by molar-refractivity contribution is 0.409. The predicted molar refractivity (Wildman–Crippen MR) is 61.0 cm³/mol. The van der Waals surface area contributed by atoms with Crippen LogP contribution < -0.4 is 4.74 Å². The van der Waals surface area contributed by atoms with Gasteiger partial charge in [-0.25, -0.2) is 4.39 Å². The van der Waals surface area contributed by atoms with Crippen LogP contribution in [-0.4, -0.2) is 7.11 Å². The highest BCUT2D eigenvalue weighted by molar-refractivity contribution is 6.21. The van der Waals surface area contributed by atoms with E-state index >= 15 is 0 Å². The molecule has 0 aromatic heterocycles. The van der Waals surface area contributed by atoms with Crippen molar-refractivity contribution in [1.82, 2.24) is 0 Å². The lowest BCUT2D eigenvalue weighted by atomic mass is 9.98. The molecule has 0 spiro atoms. The molecule has 0 bridgehead atoms. The van der Waals surface area contributed by atoms with Crippen LogP contribution in [0.1, 0.15) is 31.2 Å². The molecule has 2 atom stereocenters. The molecule has 1 nitrogen and oxygen atoms in total. The molecular formula is C12H16ClFO. The van der Waals surface area contributed by atoms with E-state index in [1.165, 1.54) is 13.2 Å². The van der Waals surface area contributed by atoms with E-state index in [-0.39, 0.29) is 17.1 Å². The maximum Gasteiger partial charge on any atom is 0.131 e. The topological polar surface area (TPSA) is 9.23 Å². The van der Waals surface area contributed by atoms with E-state index in [9.17, 15) is 4.39 Å². The minimum Gasteiger partial charge on any atom is -0.497 e. The Hall–Kier alpha value is -0.760. The van der Waals surface area contributed by atoms with Crippen molar-refractivity contribution < 1.29 is 9.13 Å². The largest absolute Gasteiger partial charge is 0.497 e. The van der Waals surface area contributed by atoms with Crippen LogP contribution in [-0.2, 0) is 0 Å². The highest BCUT2D eigenvalue weighted by Gasteiger charge is 2.18. The SMILES string of the molecule is CCC(C)C(Cl)c1ccc(OC)cc1F. The standard InChI is InChI=1S/C12H16ClFO/c1-4-8(2)12(13)10-6-5-9(15-3)7-11(10)14/h5-8,12H,4H2,1-3H3. The van der Waals surface area contributed by atoms with Gasteiger partial charge in [-0.3, -0.25) is 0 Å². The first kappa shape index (κ1) is 12.3. The number of halogens is 2. The van der Waals surface area contributed by atoms with Crippen molar-refractivity contribution in [2.75, 3.05) is 7.11 Å². The third-order valence-electron chi connectivity index (χ3n) is 2.65. The molecule has 3 heteroatoms. The minimum atomic E-state index is -0.297. The van der Waals surface area contributed by atoms with Gasteiger partial charge in [-0.2, -0.15) is 0 Å². The Kier molecular flexibility index (Phi) is 4.40. The van der Waals surface area contributed by atoms with Crippen LogP contribution >= 0.6 is 11.6 Å². The summed E-state index contributed by atoms with van der Waals surface area (Å²) in [5, 5.41) is -0.277. The molecule has 0 aliphatic heterocycles. The molecule has 0 aliphatic carbocycles. The molecule has 1 aromatic rings. The first-order valence-corrected chi connectivity index (χ1v) is 5.51. The van der Waals surface area contributed by atoms with Crippen molar-refractivity contribution in [2.45, 2.75) is 25.6 Å². The number of benzene rings is 1. The summed E-state index contributed by atoms with van der Waals surface area (Å²) in [5.41, 5.74) is 0.548. The van der Waals surface area contributed by atoms with E-state index in [0.29, 0.717) is 11.3 Å². The maximum atomic E-state index is 13.6. The second-order valence-corrected chi connectivity index (χ2v) is 4.14. The van der Waals surface area contributed by atoms with Gasteiger partial charge in [0.15, 0.2) is 0 Å². The third kappa shape index (κ3) is 2.85. The molecule has 0 amide bonds. The summed E-state index contributed by atoms with van der Waals surface area (Å²) in [6.45, 7) is 4.06. The van der Waals surface area contributed by atoms with Gasteiger partial charge in [0.05, 0.1) is 12.5 Å². The molecule has 0 aliphatic rings. The summed E-state index contributed by atoms with van der Waals surface area (Å²) in [6.07, 6.45) is 0.930. The monoisotopic (exact) mass is 230 g/mol. The Bertz CT molecular complexity index is 327. The molecule has 84 valence electrons. The van der Waals surface area contributed by atoms with Crippen molar-refractivity contribution >= 4 is 11.6 Å².